The van der Waals surface area contributed by atoms with Crippen LogP contribution in [0.25, 0.3) is 0 Å². The molecule has 0 radical (unpaired) electrons. The van der Waals surface area contributed by atoms with Crippen molar-refractivity contribution in [1.82, 2.24) is 0 Å². The van der Waals surface area contributed by atoms with E-state index < -0.39 is 0 Å². The Kier molecular flexibility index (Phi) is 3.73. The summed E-state index contributed by atoms with van der Waals surface area (Å²) in [4.78, 5) is 0. The molecule has 0 aromatic carbocycles. The predicted molar refractivity (Wildman–Crippen MR) is 91.4 cm³/mol. The van der Waals surface area contributed by atoms with Crippen LogP contribution >= 0.6 is 0 Å². The lowest BCUT2D eigenvalue weighted by Crippen LogP contribution is -2.62. The van der Waals surface area contributed by atoms with Gasteiger partial charge in [0, 0.05) is 6.61 Å². The Morgan fingerprint density at radius 3 is 2.38 bits per heavy atom. The van der Waals surface area contributed by atoms with Crippen LogP contribution in [0.4, 0.5) is 0 Å². The molecule has 138 valence electrons. The van der Waals surface area contributed by atoms with Crippen LogP contribution in [0.5, 0.6) is 0 Å². The molecule has 1 spiro atoms. The van der Waals surface area contributed by atoms with E-state index in [9.17, 15) is 15.3 Å². The lowest BCUT2D eigenvalue weighted by Gasteiger charge is -2.64. The van der Waals surface area contributed by atoms with E-state index in [0.29, 0.717) is 18.3 Å². The maximum Gasteiger partial charge on any atom is 0.0867 e. The Balaban J connectivity index is 1.73. The third-order valence-corrected chi connectivity index (χ3v) is 8.69. The average molecular weight is 338 g/mol. The summed E-state index contributed by atoms with van der Waals surface area (Å²) in [5.41, 5.74) is -0.204. The van der Waals surface area contributed by atoms with E-state index in [4.69, 9.17) is 4.74 Å². The van der Waals surface area contributed by atoms with E-state index in [1.54, 1.807) is 0 Å². The summed E-state index contributed by atoms with van der Waals surface area (Å²) in [5.74, 6) is 0.865. The van der Waals surface area contributed by atoms with E-state index in [0.717, 1.165) is 38.5 Å². The van der Waals surface area contributed by atoms with Crippen molar-refractivity contribution in [2.45, 2.75) is 83.5 Å². The van der Waals surface area contributed by atoms with Gasteiger partial charge in [0.15, 0.2) is 0 Å². The second-order valence-electron chi connectivity index (χ2n) is 10.2. The molecular weight excluding hydrogens is 304 g/mol. The number of fused-ring (bicyclic) bond motifs is 3. The maximum absolute atomic E-state index is 10.6. The van der Waals surface area contributed by atoms with E-state index in [2.05, 4.69) is 20.8 Å². The van der Waals surface area contributed by atoms with Crippen LogP contribution in [0, 0.1) is 28.1 Å². The molecule has 4 nitrogen and oxygen atoms in total. The third kappa shape index (κ3) is 2.06. The summed E-state index contributed by atoms with van der Waals surface area (Å²) >= 11 is 0. The molecule has 3 N–H and O–H groups in total. The smallest absolute Gasteiger partial charge is 0.0867 e. The summed E-state index contributed by atoms with van der Waals surface area (Å²) in [5, 5.41) is 30.5. The highest BCUT2D eigenvalue weighted by Crippen LogP contribution is 2.70. The fourth-order valence-electron chi connectivity index (χ4n) is 7.79. The molecule has 3 saturated carbocycles. The Labute approximate surface area is 145 Å². The van der Waals surface area contributed by atoms with Crippen molar-refractivity contribution in [3.63, 3.8) is 0 Å². The molecule has 4 rings (SSSR count). The van der Waals surface area contributed by atoms with Gasteiger partial charge in [0.1, 0.15) is 0 Å². The topological polar surface area (TPSA) is 69.9 Å². The molecule has 4 fully saturated rings. The van der Waals surface area contributed by atoms with Crippen LogP contribution in [-0.2, 0) is 4.74 Å². The van der Waals surface area contributed by atoms with Gasteiger partial charge in [-0.25, -0.2) is 0 Å². The van der Waals surface area contributed by atoms with Crippen molar-refractivity contribution in [3.8, 4) is 0 Å². The highest BCUT2D eigenvalue weighted by Gasteiger charge is 2.68. The molecule has 0 aromatic heterocycles. The van der Waals surface area contributed by atoms with Gasteiger partial charge in [-0.1, -0.05) is 20.8 Å². The summed E-state index contributed by atoms with van der Waals surface area (Å²) in [6, 6.07) is 0. The van der Waals surface area contributed by atoms with E-state index in [-0.39, 0.29) is 47.3 Å². The van der Waals surface area contributed by atoms with E-state index >= 15 is 0 Å². The first-order valence-corrected chi connectivity index (χ1v) is 9.79. The monoisotopic (exact) mass is 338 g/mol. The fraction of sp³-hybridized carbons (Fsp3) is 1.00. The summed E-state index contributed by atoms with van der Waals surface area (Å²) < 4.78 is 6.59. The first-order valence-electron chi connectivity index (χ1n) is 9.79. The summed E-state index contributed by atoms with van der Waals surface area (Å²) in [6.07, 6.45) is 6.52. The van der Waals surface area contributed by atoms with Gasteiger partial charge >= 0.3 is 0 Å². The zero-order valence-electron chi connectivity index (χ0n) is 15.4. The standard InChI is InChI=1S/C20H34O4/c1-17-6-4-15-19(3)9-13(23)8-18(2,12-22)14(19)5-7-20(15,11-17)24-16(17)10-21/h13-16,21-23H,4-12H2,1-3H3/t13-,14-,15+,16+,17+,18+,19-,20+/m1/s1. The number of ether oxygens (including phenoxy) is 1. The minimum atomic E-state index is -0.332. The Morgan fingerprint density at radius 2 is 1.71 bits per heavy atom. The zero-order valence-corrected chi connectivity index (χ0v) is 15.4. The van der Waals surface area contributed by atoms with Crippen molar-refractivity contribution in [2.24, 2.45) is 28.1 Å². The first kappa shape index (κ1) is 17.3. The molecule has 1 saturated heterocycles. The Hall–Kier alpha value is -0.160. The molecule has 0 unspecified atom stereocenters. The second-order valence-corrected chi connectivity index (χ2v) is 10.2. The van der Waals surface area contributed by atoms with Crippen LogP contribution in [0.15, 0.2) is 0 Å². The van der Waals surface area contributed by atoms with Crippen molar-refractivity contribution < 1.29 is 20.1 Å². The highest BCUT2D eigenvalue weighted by molar-refractivity contribution is 5.17. The summed E-state index contributed by atoms with van der Waals surface area (Å²) in [6.45, 7) is 7.05. The Bertz CT molecular complexity index is 524. The molecule has 8 atom stereocenters. The molecule has 4 heteroatoms. The molecule has 0 amide bonds. The molecule has 24 heavy (non-hydrogen) atoms. The van der Waals surface area contributed by atoms with Gasteiger partial charge in [-0.2, -0.15) is 0 Å². The van der Waals surface area contributed by atoms with Gasteiger partial charge in [0.05, 0.1) is 24.4 Å². The number of hydrogen-bond acceptors (Lipinski definition) is 4. The average Bonchev–Trinajstić information content (AvgIpc) is 2.71. The first-order chi connectivity index (χ1) is 11.2. The third-order valence-electron chi connectivity index (χ3n) is 8.69. The molecular formula is C20H34O4. The fourth-order valence-corrected chi connectivity index (χ4v) is 7.79. The highest BCUT2D eigenvalue weighted by atomic mass is 16.5. The molecule has 4 aliphatic rings. The van der Waals surface area contributed by atoms with Crippen molar-refractivity contribution >= 4 is 0 Å². The van der Waals surface area contributed by atoms with Crippen LogP contribution < -0.4 is 0 Å². The van der Waals surface area contributed by atoms with Gasteiger partial charge < -0.3 is 20.1 Å². The summed E-state index contributed by atoms with van der Waals surface area (Å²) in [7, 11) is 0. The van der Waals surface area contributed by atoms with Crippen LogP contribution in [0.1, 0.15) is 65.7 Å². The van der Waals surface area contributed by atoms with Crippen molar-refractivity contribution in [3.05, 3.63) is 0 Å². The number of hydrogen-bond donors (Lipinski definition) is 3. The molecule has 1 aliphatic heterocycles. The van der Waals surface area contributed by atoms with Crippen molar-refractivity contribution in [2.75, 3.05) is 13.2 Å². The lowest BCUT2D eigenvalue weighted by atomic mass is 9.42. The Morgan fingerprint density at radius 1 is 1.00 bits per heavy atom. The normalized spacial score (nSPS) is 59.8. The number of aliphatic hydroxyl groups excluding tert-OH is 3. The number of rotatable bonds is 2. The maximum atomic E-state index is 10.6. The minimum absolute atomic E-state index is 0.0130. The van der Waals surface area contributed by atoms with Crippen LogP contribution in [0.3, 0.4) is 0 Å². The van der Waals surface area contributed by atoms with E-state index in [1.165, 1.54) is 0 Å². The van der Waals surface area contributed by atoms with Gasteiger partial charge in [-0.3, -0.25) is 0 Å². The molecule has 1 heterocycles. The zero-order chi connectivity index (χ0) is 17.4. The molecule has 2 bridgehead atoms. The lowest BCUT2D eigenvalue weighted by molar-refractivity contribution is -0.217. The second kappa shape index (κ2) is 5.18. The van der Waals surface area contributed by atoms with Crippen molar-refractivity contribution in [1.29, 1.82) is 0 Å². The molecule has 0 aromatic rings. The van der Waals surface area contributed by atoms with Crippen LogP contribution in [-0.4, -0.2) is 46.3 Å². The predicted octanol–water partition coefficient (Wildman–Crippen LogP) is 2.49. The van der Waals surface area contributed by atoms with Gasteiger partial charge in [0.25, 0.3) is 0 Å². The van der Waals surface area contributed by atoms with Gasteiger partial charge in [-0.05, 0) is 73.0 Å². The largest absolute Gasteiger partial charge is 0.396 e. The minimum Gasteiger partial charge on any atom is -0.396 e. The SMILES string of the molecule is C[C@]12CC[C@@H]3[C@](CC[C@@H]4[C@](C)(CO)C[C@@H](O)C[C@]43C)(C1)O[C@H]2CO. The van der Waals surface area contributed by atoms with Gasteiger partial charge in [-0.15, -0.1) is 0 Å². The molecule has 3 aliphatic carbocycles. The van der Waals surface area contributed by atoms with E-state index in [1.807, 2.05) is 0 Å². The quantitative estimate of drug-likeness (QED) is 0.723. The van der Waals surface area contributed by atoms with Crippen LogP contribution in [0.2, 0.25) is 0 Å². The van der Waals surface area contributed by atoms with Gasteiger partial charge in [0.2, 0.25) is 0 Å². The number of aliphatic hydroxyl groups is 3.